The molecule has 2 aromatic rings. The van der Waals surface area contributed by atoms with Crippen molar-refractivity contribution in [1.82, 2.24) is 0 Å². The van der Waals surface area contributed by atoms with Gasteiger partial charge in [0.15, 0.2) is 0 Å². The fraction of sp³-hybridized carbons (Fsp3) is 0.143. The Hall–Kier alpha value is -1.76. The van der Waals surface area contributed by atoms with Crippen molar-refractivity contribution in [1.29, 1.82) is 0 Å². The molecule has 15 heavy (non-hydrogen) atoms. The largest absolute Gasteiger partial charge is 0.496 e. The number of fused-ring (bicyclic) bond motifs is 1. The lowest BCUT2D eigenvalue weighted by atomic mass is 10.1. The van der Waals surface area contributed by atoms with Crippen molar-refractivity contribution in [2.45, 2.75) is 5.92 Å². The molecule has 0 radical (unpaired) electrons. The topological polar surface area (TPSA) is 9.23 Å². The van der Waals surface area contributed by atoms with Gasteiger partial charge in [-0.05, 0) is 17.2 Å². The zero-order valence-electron chi connectivity index (χ0n) is 8.60. The van der Waals surface area contributed by atoms with E-state index in [4.69, 9.17) is 4.74 Å². The Bertz CT molecular complexity index is 488. The summed E-state index contributed by atoms with van der Waals surface area (Å²) in [6.07, 6.45) is 0. The summed E-state index contributed by atoms with van der Waals surface area (Å²) in [6.45, 7) is 0. The van der Waals surface area contributed by atoms with Gasteiger partial charge in [-0.1, -0.05) is 42.5 Å². The van der Waals surface area contributed by atoms with Gasteiger partial charge in [-0.25, -0.2) is 0 Å². The van der Waals surface area contributed by atoms with Gasteiger partial charge >= 0.3 is 0 Å². The summed E-state index contributed by atoms with van der Waals surface area (Å²) < 4.78 is 5.35. The zero-order chi connectivity index (χ0) is 10.3. The third kappa shape index (κ3) is 1.23. The maximum Gasteiger partial charge on any atom is 0.123 e. The van der Waals surface area contributed by atoms with Crippen molar-refractivity contribution in [3.63, 3.8) is 0 Å². The first-order chi connectivity index (χ1) is 7.42. The Kier molecular flexibility index (Phi) is 1.78. The molecule has 0 bridgehead atoms. The quantitative estimate of drug-likeness (QED) is 0.611. The molecule has 0 saturated carbocycles. The lowest BCUT2D eigenvalue weighted by Crippen LogP contribution is -1.83. The van der Waals surface area contributed by atoms with Crippen molar-refractivity contribution in [3.05, 3.63) is 65.2 Å². The summed E-state index contributed by atoms with van der Waals surface area (Å²) in [4.78, 5) is 0. The molecule has 1 aliphatic rings. The number of hydrogen-bond donors (Lipinski definition) is 0. The molecule has 1 heteroatoms. The molecule has 3 rings (SSSR count). The van der Waals surface area contributed by atoms with Crippen LogP contribution in [0.2, 0.25) is 0 Å². The highest BCUT2D eigenvalue weighted by Gasteiger charge is 2.36. The van der Waals surface area contributed by atoms with Crippen LogP contribution in [0.25, 0.3) is 0 Å². The van der Waals surface area contributed by atoms with E-state index in [1.165, 1.54) is 16.7 Å². The van der Waals surface area contributed by atoms with E-state index in [1.54, 1.807) is 7.11 Å². The van der Waals surface area contributed by atoms with Gasteiger partial charge in [0.1, 0.15) is 5.75 Å². The number of methoxy groups -OCH3 is 1. The highest BCUT2D eigenvalue weighted by molar-refractivity contribution is 5.66. The van der Waals surface area contributed by atoms with E-state index < -0.39 is 0 Å². The molecule has 0 fully saturated rings. The maximum atomic E-state index is 5.35. The molecule has 0 N–H and O–H groups in total. The van der Waals surface area contributed by atoms with E-state index in [2.05, 4.69) is 36.4 Å². The minimum absolute atomic E-state index is 0.469. The molecule has 1 nitrogen and oxygen atoms in total. The molecule has 1 unspecified atom stereocenters. The Labute approximate surface area is 89.3 Å². The predicted molar refractivity (Wildman–Crippen MR) is 60.4 cm³/mol. The van der Waals surface area contributed by atoms with Crippen LogP contribution in [0.5, 0.6) is 5.75 Å². The van der Waals surface area contributed by atoms with Crippen LogP contribution in [0.1, 0.15) is 22.6 Å². The zero-order valence-corrected chi connectivity index (χ0v) is 8.60. The molecule has 1 aliphatic carbocycles. The molecule has 2 aromatic carbocycles. The van der Waals surface area contributed by atoms with Crippen molar-refractivity contribution < 1.29 is 4.74 Å². The van der Waals surface area contributed by atoms with E-state index in [-0.39, 0.29) is 0 Å². The fourth-order valence-electron chi connectivity index (χ4n) is 2.21. The van der Waals surface area contributed by atoms with Crippen LogP contribution in [0.3, 0.4) is 0 Å². The van der Waals surface area contributed by atoms with Gasteiger partial charge in [0.2, 0.25) is 0 Å². The molecule has 0 saturated heterocycles. The summed E-state index contributed by atoms with van der Waals surface area (Å²) in [6, 6.07) is 16.8. The second-order valence-electron chi connectivity index (χ2n) is 3.81. The first-order valence-corrected chi connectivity index (χ1v) is 5.13. The molecule has 74 valence electrons. The average Bonchev–Trinajstić information content (AvgIpc) is 3.04. The second kappa shape index (κ2) is 3.13. The van der Waals surface area contributed by atoms with Gasteiger partial charge in [0, 0.05) is 11.5 Å². The molecule has 0 aliphatic heterocycles. The van der Waals surface area contributed by atoms with Crippen LogP contribution in [0, 0.1) is 0 Å². The molecular weight excluding hydrogens is 184 g/mol. The van der Waals surface area contributed by atoms with E-state index >= 15 is 0 Å². The molecule has 0 spiro atoms. The van der Waals surface area contributed by atoms with Crippen LogP contribution in [0.4, 0.5) is 0 Å². The Morgan fingerprint density at radius 3 is 2.47 bits per heavy atom. The molecule has 0 aromatic heterocycles. The van der Waals surface area contributed by atoms with Crippen molar-refractivity contribution in [2.24, 2.45) is 0 Å². The molecular formula is C14H12O. The fourth-order valence-corrected chi connectivity index (χ4v) is 2.21. The van der Waals surface area contributed by atoms with Crippen LogP contribution in [-0.4, -0.2) is 7.11 Å². The Morgan fingerprint density at radius 2 is 1.73 bits per heavy atom. The minimum Gasteiger partial charge on any atom is -0.496 e. The van der Waals surface area contributed by atoms with Crippen molar-refractivity contribution in [2.75, 3.05) is 7.11 Å². The highest BCUT2D eigenvalue weighted by Crippen LogP contribution is 2.52. The van der Waals surface area contributed by atoms with E-state index in [0.29, 0.717) is 5.92 Å². The monoisotopic (exact) mass is 196 g/mol. The number of benzene rings is 2. The van der Waals surface area contributed by atoms with Crippen LogP contribution < -0.4 is 4.74 Å². The maximum absolute atomic E-state index is 5.35. The van der Waals surface area contributed by atoms with Gasteiger partial charge in [-0.15, -0.1) is 0 Å². The van der Waals surface area contributed by atoms with Gasteiger partial charge in [0.25, 0.3) is 0 Å². The van der Waals surface area contributed by atoms with Gasteiger partial charge in [-0.2, -0.15) is 0 Å². The SMILES string of the molecule is COc1cccc2c1C2c1ccccc1. The van der Waals surface area contributed by atoms with Crippen molar-refractivity contribution in [3.8, 4) is 5.75 Å². The number of ether oxygens (including phenoxy) is 1. The van der Waals surface area contributed by atoms with Crippen molar-refractivity contribution >= 4 is 0 Å². The number of hydrogen-bond acceptors (Lipinski definition) is 1. The van der Waals surface area contributed by atoms with E-state index in [1.807, 2.05) is 12.1 Å². The van der Waals surface area contributed by atoms with Gasteiger partial charge in [0.05, 0.1) is 7.11 Å². The molecule has 1 atom stereocenters. The first-order valence-electron chi connectivity index (χ1n) is 5.13. The minimum atomic E-state index is 0.469. The lowest BCUT2D eigenvalue weighted by Gasteiger charge is -1.98. The molecule has 0 amide bonds. The van der Waals surface area contributed by atoms with Crippen LogP contribution in [0.15, 0.2) is 48.5 Å². The summed E-state index contributed by atoms with van der Waals surface area (Å²) >= 11 is 0. The highest BCUT2D eigenvalue weighted by atomic mass is 16.5. The summed E-state index contributed by atoms with van der Waals surface area (Å²) in [5.41, 5.74) is 4.11. The van der Waals surface area contributed by atoms with E-state index in [0.717, 1.165) is 5.75 Å². The molecule has 0 heterocycles. The van der Waals surface area contributed by atoms with Crippen LogP contribution in [-0.2, 0) is 0 Å². The van der Waals surface area contributed by atoms with Gasteiger partial charge < -0.3 is 4.74 Å². The first kappa shape index (κ1) is 8.54. The second-order valence-corrected chi connectivity index (χ2v) is 3.81. The Morgan fingerprint density at radius 1 is 0.933 bits per heavy atom. The summed E-state index contributed by atoms with van der Waals surface area (Å²) in [5.74, 6) is 1.48. The Balaban J connectivity index is 2.02. The summed E-state index contributed by atoms with van der Waals surface area (Å²) in [5, 5.41) is 0. The third-order valence-electron chi connectivity index (χ3n) is 2.97. The summed E-state index contributed by atoms with van der Waals surface area (Å²) in [7, 11) is 1.73. The standard InChI is InChI=1S/C14H12O/c1-15-12-9-5-8-11-13(14(11)12)10-6-3-2-4-7-10/h2-9,13H,1H3. The lowest BCUT2D eigenvalue weighted by molar-refractivity contribution is 0.413. The smallest absolute Gasteiger partial charge is 0.123 e. The predicted octanol–water partition coefficient (Wildman–Crippen LogP) is 3.19. The van der Waals surface area contributed by atoms with E-state index in [9.17, 15) is 0 Å². The average molecular weight is 196 g/mol. The van der Waals surface area contributed by atoms with Crippen LogP contribution >= 0.6 is 0 Å². The third-order valence-corrected chi connectivity index (χ3v) is 2.97. The normalized spacial score (nSPS) is 17.0. The number of rotatable bonds is 2. The van der Waals surface area contributed by atoms with Gasteiger partial charge in [-0.3, -0.25) is 0 Å².